The molecule has 4 amide bonds. The van der Waals surface area contributed by atoms with E-state index >= 15 is 0 Å². The summed E-state index contributed by atoms with van der Waals surface area (Å²) >= 11 is 0. The molecule has 2 fully saturated rings. The molecular formula is C10H16N4O9S. The van der Waals surface area contributed by atoms with Gasteiger partial charge in [0.25, 0.3) is 5.91 Å². The highest BCUT2D eigenvalue weighted by atomic mass is 32.3. The fraction of sp³-hybridized carbons (Fsp3) is 0.700. The van der Waals surface area contributed by atoms with Crippen molar-refractivity contribution in [3.8, 4) is 0 Å². The monoisotopic (exact) mass is 368 g/mol. The number of nitrogens with zero attached hydrogens (tertiary/aromatic N) is 2. The molecule has 1 unspecified atom stereocenters. The van der Waals surface area contributed by atoms with Crippen molar-refractivity contribution < 1.29 is 41.6 Å². The summed E-state index contributed by atoms with van der Waals surface area (Å²) in [6, 6.07) is -2.34. The Balaban J connectivity index is 1.86. The van der Waals surface area contributed by atoms with Crippen LogP contribution in [0.4, 0.5) is 9.59 Å². The smallest absolute Gasteiger partial charge is 0.418 e. The van der Waals surface area contributed by atoms with Gasteiger partial charge in [-0.15, -0.1) is 4.28 Å². The molecule has 24 heavy (non-hydrogen) atoms. The van der Waals surface area contributed by atoms with E-state index in [9.17, 15) is 22.8 Å². The van der Waals surface area contributed by atoms with Gasteiger partial charge in [0, 0.05) is 13.1 Å². The first kappa shape index (κ1) is 18.2. The van der Waals surface area contributed by atoms with Crippen molar-refractivity contribution in [3.63, 3.8) is 0 Å². The number of rotatable bonds is 7. The van der Waals surface area contributed by atoms with E-state index in [2.05, 4.69) is 9.76 Å². The van der Waals surface area contributed by atoms with Crippen LogP contribution in [-0.4, -0.2) is 77.9 Å². The predicted molar refractivity (Wildman–Crippen MR) is 73.5 cm³/mol. The van der Waals surface area contributed by atoms with Crippen LogP contribution in [0, 0.1) is 0 Å². The topological polar surface area (TPSA) is 175 Å². The highest BCUT2D eigenvalue weighted by molar-refractivity contribution is 7.80. The van der Waals surface area contributed by atoms with Crippen molar-refractivity contribution in [2.45, 2.75) is 24.9 Å². The Morgan fingerprint density at radius 1 is 1.33 bits per heavy atom. The minimum Gasteiger partial charge on any atom is -0.465 e. The molecule has 4 N–H and O–H groups in total. The number of nitrogens with one attached hydrogen (secondary N) is 2. The molecule has 2 rings (SSSR count). The molecule has 0 spiro atoms. The van der Waals surface area contributed by atoms with Gasteiger partial charge in [-0.1, -0.05) is 0 Å². The lowest BCUT2D eigenvalue weighted by Gasteiger charge is -2.28. The Morgan fingerprint density at radius 3 is 2.67 bits per heavy atom. The first-order valence-electron chi connectivity index (χ1n) is 6.84. The first-order valence-corrected chi connectivity index (χ1v) is 8.21. The lowest BCUT2D eigenvalue weighted by atomic mass is 10.0. The van der Waals surface area contributed by atoms with Crippen LogP contribution >= 0.6 is 0 Å². The lowest BCUT2D eigenvalue weighted by Crippen LogP contribution is -2.50. The van der Waals surface area contributed by atoms with Gasteiger partial charge in [0.05, 0.1) is 12.6 Å². The number of hydrogen-bond acceptors (Lipinski definition) is 7. The Hall–Kier alpha value is -2.16. The largest absolute Gasteiger partial charge is 0.465 e. The van der Waals surface area contributed by atoms with Crippen LogP contribution in [0.5, 0.6) is 0 Å². The van der Waals surface area contributed by atoms with Crippen LogP contribution < -0.4 is 10.8 Å². The number of fused-ring (bicyclic) bond motifs is 2. The number of urea groups is 1. The summed E-state index contributed by atoms with van der Waals surface area (Å²) in [6.45, 7) is -0.0900. The van der Waals surface area contributed by atoms with Crippen molar-refractivity contribution in [2.75, 3.05) is 19.7 Å². The zero-order chi connectivity index (χ0) is 17.9. The number of piperidine rings is 1. The molecule has 0 radical (unpaired) electrons. The van der Waals surface area contributed by atoms with E-state index in [4.69, 9.17) is 14.5 Å². The fourth-order valence-corrected chi connectivity index (χ4v) is 2.89. The molecule has 2 saturated heterocycles. The molecule has 0 aliphatic carbocycles. The van der Waals surface area contributed by atoms with Gasteiger partial charge in [0.2, 0.25) is 0 Å². The summed E-state index contributed by atoms with van der Waals surface area (Å²) in [5, 5.41) is 10.9. The van der Waals surface area contributed by atoms with Gasteiger partial charge in [-0.2, -0.15) is 13.5 Å². The minimum atomic E-state index is -4.85. The van der Waals surface area contributed by atoms with Crippen molar-refractivity contribution in [3.05, 3.63) is 0 Å². The average Bonchev–Trinajstić information content (AvgIpc) is 2.70. The van der Waals surface area contributed by atoms with E-state index in [1.54, 1.807) is 0 Å². The van der Waals surface area contributed by atoms with E-state index in [0.29, 0.717) is 5.06 Å². The molecule has 14 heteroatoms. The molecule has 136 valence electrons. The van der Waals surface area contributed by atoms with Crippen LogP contribution in [0.25, 0.3) is 0 Å². The summed E-state index contributed by atoms with van der Waals surface area (Å²) in [5.41, 5.74) is 2.10. The van der Waals surface area contributed by atoms with Crippen molar-refractivity contribution in [1.29, 1.82) is 0 Å². The number of hydrogen-bond donors (Lipinski definition) is 4. The van der Waals surface area contributed by atoms with Crippen LogP contribution in [-0.2, 0) is 24.3 Å². The van der Waals surface area contributed by atoms with Gasteiger partial charge in [0.1, 0.15) is 6.04 Å². The first-order chi connectivity index (χ1) is 11.2. The van der Waals surface area contributed by atoms with E-state index in [1.807, 2.05) is 5.32 Å². The molecule has 2 bridgehead atoms. The second-order valence-corrected chi connectivity index (χ2v) is 6.06. The third-order valence-corrected chi connectivity index (χ3v) is 3.80. The SMILES string of the molecule is O=C(O)NCCONC(=O)[C@@H]1CCC2CN1C(=O)N2OS(=O)(=O)O. The zero-order valence-corrected chi connectivity index (χ0v) is 13.1. The maximum absolute atomic E-state index is 12.1. The predicted octanol–water partition coefficient (Wildman–Crippen LogP) is -1.70. The van der Waals surface area contributed by atoms with E-state index in [0.717, 1.165) is 4.90 Å². The van der Waals surface area contributed by atoms with Crippen LogP contribution in [0.1, 0.15) is 12.8 Å². The summed E-state index contributed by atoms with van der Waals surface area (Å²) < 4.78 is 34.4. The number of carbonyl (C=O) groups excluding carboxylic acids is 2. The Kier molecular flexibility index (Phi) is 5.43. The Labute approximate surface area is 136 Å². The molecule has 0 aromatic carbocycles. The van der Waals surface area contributed by atoms with E-state index in [1.165, 1.54) is 0 Å². The highest BCUT2D eigenvalue weighted by Crippen LogP contribution is 2.30. The van der Waals surface area contributed by atoms with Crippen LogP contribution in [0.3, 0.4) is 0 Å². The normalized spacial score (nSPS) is 23.3. The van der Waals surface area contributed by atoms with Gasteiger partial charge in [-0.25, -0.2) is 15.1 Å². The molecule has 2 aliphatic rings. The van der Waals surface area contributed by atoms with Crippen molar-refractivity contribution in [2.24, 2.45) is 0 Å². The standard InChI is InChI=1S/C10H16N4O9S/c15-8(12-22-4-3-11-9(16)17)7-2-1-6-5-13(7)10(18)14(6)23-24(19,20)21/h6-7,11H,1-5H2,(H,12,15)(H,16,17)(H,19,20,21)/t6?,7-/m0/s1. The Morgan fingerprint density at radius 2 is 2.04 bits per heavy atom. The van der Waals surface area contributed by atoms with Gasteiger partial charge in [-0.3, -0.25) is 14.2 Å². The molecule has 13 nitrogen and oxygen atoms in total. The quantitative estimate of drug-likeness (QED) is 0.232. The van der Waals surface area contributed by atoms with Crippen LogP contribution in [0.2, 0.25) is 0 Å². The third kappa shape index (κ3) is 4.44. The zero-order valence-electron chi connectivity index (χ0n) is 12.2. The van der Waals surface area contributed by atoms with Crippen LogP contribution in [0.15, 0.2) is 0 Å². The van der Waals surface area contributed by atoms with Gasteiger partial charge < -0.3 is 15.3 Å². The van der Waals surface area contributed by atoms with E-state index < -0.39 is 40.5 Å². The highest BCUT2D eigenvalue weighted by Gasteiger charge is 2.49. The van der Waals surface area contributed by atoms with Gasteiger partial charge >= 0.3 is 22.5 Å². The molecule has 2 heterocycles. The molecule has 2 atom stereocenters. The summed E-state index contributed by atoms with van der Waals surface area (Å²) in [5.74, 6) is -0.633. The number of carboxylic acid groups (broad SMARTS) is 1. The number of carbonyl (C=O) groups is 3. The summed E-state index contributed by atoms with van der Waals surface area (Å²) in [6.07, 6.45) is -0.703. The lowest BCUT2D eigenvalue weighted by molar-refractivity contribution is -0.138. The van der Waals surface area contributed by atoms with Gasteiger partial charge in [-0.05, 0) is 12.8 Å². The maximum atomic E-state index is 12.1. The second kappa shape index (κ2) is 7.16. The third-order valence-electron chi connectivity index (χ3n) is 3.45. The molecule has 0 aromatic heterocycles. The molecule has 0 saturated carbocycles. The Bertz CT molecular complexity index is 624. The maximum Gasteiger partial charge on any atom is 0.418 e. The summed E-state index contributed by atoms with van der Waals surface area (Å²) in [4.78, 5) is 40.2. The molecule has 0 aromatic rings. The van der Waals surface area contributed by atoms with Crippen molar-refractivity contribution >= 4 is 28.4 Å². The summed E-state index contributed by atoms with van der Waals surface area (Å²) in [7, 11) is -4.85. The molecule has 2 aliphatic heterocycles. The molecular weight excluding hydrogens is 352 g/mol. The second-order valence-electron chi connectivity index (χ2n) is 5.06. The fourth-order valence-electron chi connectivity index (χ4n) is 2.50. The van der Waals surface area contributed by atoms with E-state index in [-0.39, 0.29) is 32.5 Å². The van der Waals surface area contributed by atoms with Gasteiger partial charge in [0.15, 0.2) is 0 Å². The van der Waals surface area contributed by atoms with Crippen molar-refractivity contribution in [1.82, 2.24) is 20.8 Å². The minimum absolute atomic E-state index is 0.0407. The average molecular weight is 368 g/mol. The number of hydroxylamine groups is 3. The number of amides is 4.